The van der Waals surface area contributed by atoms with Crippen LogP contribution >= 0.6 is 11.6 Å². The van der Waals surface area contributed by atoms with Crippen molar-refractivity contribution in [2.24, 2.45) is 5.92 Å². The molecule has 0 radical (unpaired) electrons. The van der Waals surface area contributed by atoms with E-state index >= 15 is 0 Å². The van der Waals surface area contributed by atoms with E-state index in [1.807, 2.05) is 6.07 Å². The molecule has 0 heterocycles. The van der Waals surface area contributed by atoms with Crippen LogP contribution in [0.2, 0.25) is 0 Å². The van der Waals surface area contributed by atoms with Crippen molar-refractivity contribution in [3.05, 3.63) is 0 Å². The fraction of sp³-hybridized carbons (Fsp3) is 0.714. The summed E-state index contributed by atoms with van der Waals surface area (Å²) in [4.78, 5) is 12.3. The van der Waals surface area contributed by atoms with Crippen molar-refractivity contribution in [3.63, 3.8) is 0 Å². The Morgan fingerprint density at radius 2 is 2.36 bits per heavy atom. The van der Waals surface area contributed by atoms with Crippen molar-refractivity contribution < 1.29 is 4.79 Å². The maximum absolute atomic E-state index is 10.8. The number of carbonyl (C=O) groups is 1. The van der Waals surface area contributed by atoms with Crippen molar-refractivity contribution in [3.8, 4) is 6.07 Å². The summed E-state index contributed by atoms with van der Waals surface area (Å²) < 4.78 is 0. The predicted molar refractivity (Wildman–Crippen MR) is 43.1 cm³/mol. The van der Waals surface area contributed by atoms with E-state index in [4.69, 9.17) is 16.9 Å². The molecule has 4 heteroatoms. The molecule has 62 valence electrons. The Hall–Kier alpha value is -0.750. The summed E-state index contributed by atoms with van der Waals surface area (Å²) in [7, 11) is 1.64. The maximum atomic E-state index is 10.8. The molecule has 0 aliphatic carbocycles. The first-order chi connectivity index (χ1) is 5.11. The second-order valence-corrected chi connectivity index (χ2v) is 2.71. The lowest BCUT2D eigenvalue weighted by molar-refractivity contribution is -0.127. The lowest BCUT2D eigenvalue weighted by Crippen LogP contribution is -2.31. The number of hydrogen-bond donors (Lipinski definition) is 0. The van der Waals surface area contributed by atoms with Gasteiger partial charge in [-0.15, -0.1) is 11.6 Å². The highest BCUT2D eigenvalue weighted by Gasteiger charge is 2.09. The van der Waals surface area contributed by atoms with Crippen LogP contribution in [0, 0.1) is 17.2 Å². The van der Waals surface area contributed by atoms with E-state index < -0.39 is 0 Å². The SMILES string of the molecule is CC(C#N)CN(C)C(=O)CCl. The molecule has 0 N–H and O–H groups in total. The first-order valence-corrected chi connectivity index (χ1v) is 3.84. The minimum absolute atomic E-state index is 0.0192. The van der Waals surface area contributed by atoms with Crippen molar-refractivity contribution in [2.45, 2.75) is 6.92 Å². The van der Waals surface area contributed by atoms with E-state index in [1.54, 1.807) is 14.0 Å². The number of hydrogen-bond acceptors (Lipinski definition) is 2. The molecule has 0 saturated carbocycles. The van der Waals surface area contributed by atoms with E-state index in [-0.39, 0.29) is 17.7 Å². The number of halogens is 1. The Bertz CT molecular complexity index is 176. The molecule has 0 spiro atoms. The Kier molecular flexibility index (Phi) is 4.64. The third kappa shape index (κ3) is 3.84. The van der Waals surface area contributed by atoms with Crippen LogP contribution in [0.3, 0.4) is 0 Å². The zero-order valence-electron chi connectivity index (χ0n) is 6.67. The molecule has 0 saturated heterocycles. The smallest absolute Gasteiger partial charge is 0.237 e. The molecule has 0 fully saturated rings. The molecular formula is C7H11ClN2O. The van der Waals surface area contributed by atoms with Gasteiger partial charge in [-0.05, 0) is 6.92 Å². The minimum Gasteiger partial charge on any atom is -0.343 e. The molecule has 11 heavy (non-hydrogen) atoms. The number of rotatable bonds is 3. The lowest BCUT2D eigenvalue weighted by atomic mass is 10.2. The van der Waals surface area contributed by atoms with Crippen LogP contribution < -0.4 is 0 Å². The van der Waals surface area contributed by atoms with Crippen LogP contribution in [0.1, 0.15) is 6.92 Å². The van der Waals surface area contributed by atoms with E-state index in [2.05, 4.69) is 0 Å². The number of nitriles is 1. The standard InChI is InChI=1S/C7H11ClN2O/c1-6(4-9)5-10(2)7(11)3-8/h6H,3,5H2,1-2H3. The van der Waals surface area contributed by atoms with Gasteiger partial charge in [0.05, 0.1) is 12.0 Å². The van der Waals surface area contributed by atoms with Crippen LogP contribution in [0.15, 0.2) is 0 Å². The quantitative estimate of drug-likeness (QED) is 0.596. The van der Waals surface area contributed by atoms with Crippen LogP contribution in [-0.4, -0.2) is 30.3 Å². The normalized spacial score (nSPS) is 11.8. The van der Waals surface area contributed by atoms with Crippen molar-refractivity contribution >= 4 is 17.5 Å². The lowest BCUT2D eigenvalue weighted by Gasteiger charge is -2.16. The zero-order chi connectivity index (χ0) is 8.85. The van der Waals surface area contributed by atoms with Crippen molar-refractivity contribution in [1.82, 2.24) is 4.90 Å². The van der Waals surface area contributed by atoms with Gasteiger partial charge in [-0.1, -0.05) is 0 Å². The fourth-order valence-electron chi connectivity index (χ4n) is 0.655. The molecule has 0 bridgehead atoms. The Morgan fingerprint density at radius 1 is 1.82 bits per heavy atom. The monoisotopic (exact) mass is 174 g/mol. The molecule has 0 aliphatic heterocycles. The van der Waals surface area contributed by atoms with Crippen LogP contribution in [-0.2, 0) is 4.79 Å². The molecule has 0 aliphatic rings. The van der Waals surface area contributed by atoms with Gasteiger partial charge >= 0.3 is 0 Å². The Balaban J connectivity index is 3.79. The highest BCUT2D eigenvalue weighted by molar-refractivity contribution is 6.27. The maximum Gasteiger partial charge on any atom is 0.237 e. The minimum atomic E-state index is -0.145. The van der Waals surface area contributed by atoms with Crippen LogP contribution in [0.5, 0.6) is 0 Å². The highest BCUT2D eigenvalue weighted by Crippen LogP contribution is 1.96. The van der Waals surface area contributed by atoms with Gasteiger partial charge in [-0.25, -0.2) is 0 Å². The van der Waals surface area contributed by atoms with Gasteiger partial charge in [0.15, 0.2) is 0 Å². The zero-order valence-corrected chi connectivity index (χ0v) is 7.43. The summed E-state index contributed by atoms with van der Waals surface area (Å²) >= 11 is 5.30. The molecule has 3 nitrogen and oxygen atoms in total. The summed E-state index contributed by atoms with van der Waals surface area (Å²) in [6.07, 6.45) is 0. The third-order valence-corrected chi connectivity index (χ3v) is 1.54. The molecule has 1 atom stereocenters. The molecule has 0 aromatic heterocycles. The highest BCUT2D eigenvalue weighted by atomic mass is 35.5. The Labute approximate surface area is 71.5 Å². The van der Waals surface area contributed by atoms with E-state index in [0.29, 0.717) is 6.54 Å². The Morgan fingerprint density at radius 3 is 2.73 bits per heavy atom. The third-order valence-electron chi connectivity index (χ3n) is 1.31. The number of amides is 1. The number of carbonyl (C=O) groups excluding carboxylic acids is 1. The van der Waals surface area contributed by atoms with Crippen molar-refractivity contribution in [1.29, 1.82) is 5.26 Å². The molecular weight excluding hydrogens is 164 g/mol. The number of nitrogens with zero attached hydrogens (tertiary/aromatic N) is 2. The average molecular weight is 175 g/mol. The summed E-state index contributed by atoms with van der Waals surface area (Å²) in [5.74, 6) is -0.296. The average Bonchev–Trinajstić information content (AvgIpc) is 2.02. The number of alkyl halides is 1. The predicted octanol–water partition coefficient (Wildman–Crippen LogP) is 0.843. The van der Waals surface area contributed by atoms with Crippen molar-refractivity contribution in [2.75, 3.05) is 19.5 Å². The molecule has 1 unspecified atom stereocenters. The van der Waals surface area contributed by atoms with Gasteiger partial charge in [-0.3, -0.25) is 4.79 Å². The van der Waals surface area contributed by atoms with Gasteiger partial charge in [0.1, 0.15) is 5.88 Å². The topological polar surface area (TPSA) is 44.1 Å². The fourth-order valence-corrected chi connectivity index (χ4v) is 0.859. The van der Waals surface area contributed by atoms with Gasteiger partial charge in [-0.2, -0.15) is 5.26 Å². The first kappa shape index (κ1) is 10.2. The molecule has 0 aromatic carbocycles. The van der Waals surface area contributed by atoms with E-state index in [0.717, 1.165) is 0 Å². The second-order valence-electron chi connectivity index (χ2n) is 2.44. The summed E-state index contributed by atoms with van der Waals surface area (Å²) in [6, 6.07) is 2.04. The summed E-state index contributed by atoms with van der Waals surface area (Å²) in [6.45, 7) is 2.21. The van der Waals surface area contributed by atoms with Crippen LogP contribution in [0.4, 0.5) is 0 Å². The van der Waals surface area contributed by atoms with Crippen LogP contribution in [0.25, 0.3) is 0 Å². The second kappa shape index (κ2) is 4.97. The van der Waals surface area contributed by atoms with E-state index in [9.17, 15) is 4.79 Å². The summed E-state index contributed by atoms with van der Waals surface area (Å²) in [5.41, 5.74) is 0. The van der Waals surface area contributed by atoms with Gasteiger partial charge in [0.25, 0.3) is 0 Å². The molecule has 0 rings (SSSR count). The molecule has 0 aromatic rings. The van der Waals surface area contributed by atoms with Gasteiger partial charge in [0, 0.05) is 13.6 Å². The van der Waals surface area contributed by atoms with Gasteiger partial charge < -0.3 is 4.90 Å². The summed E-state index contributed by atoms with van der Waals surface area (Å²) in [5, 5.41) is 8.42. The van der Waals surface area contributed by atoms with Gasteiger partial charge in [0.2, 0.25) is 5.91 Å². The first-order valence-electron chi connectivity index (χ1n) is 3.31. The van der Waals surface area contributed by atoms with E-state index in [1.165, 1.54) is 4.90 Å². The molecule has 1 amide bonds. The largest absolute Gasteiger partial charge is 0.343 e.